The smallest absolute Gasteiger partial charge is 0.246 e. The van der Waals surface area contributed by atoms with Gasteiger partial charge in [-0.25, -0.2) is 13.4 Å². The molecule has 0 radical (unpaired) electrons. The van der Waals surface area contributed by atoms with Gasteiger partial charge in [-0.2, -0.15) is 0 Å². The van der Waals surface area contributed by atoms with E-state index in [2.05, 4.69) is 10.3 Å². The highest BCUT2D eigenvalue weighted by Gasteiger charge is 2.22. The van der Waals surface area contributed by atoms with Crippen LogP contribution in [0.25, 0.3) is 10.2 Å². The number of carbonyl (C=O) groups is 1. The maximum atomic E-state index is 12.4. The highest BCUT2D eigenvalue weighted by atomic mass is 32.2. The van der Waals surface area contributed by atoms with Gasteiger partial charge in [0.05, 0.1) is 22.2 Å². The molecule has 0 spiro atoms. The number of hydrogen-bond acceptors (Lipinski definition) is 5. The molecule has 1 amide bonds. The van der Waals surface area contributed by atoms with E-state index in [-0.39, 0.29) is 6.54 Å². The fourth-order valence-corrected chi connectivity index (χ4v) is 4.49. The van der Waals surface area contributed by atoms with Crippen molar-refractivity contribution < 1.29 is 13.2 Å². The van der Waals surface area contributed by atoms with Gasteiger partial charge in [0.2, 0.25) is 15.9 Å². The summed E-state index contributed by atoms with van der Waals surface area (Å²) < 4.78 is 26.4. The maximum Gasteiger partial charge on any atom is 0.246 e. The lowest BCUT2D eigenvalue weighted by molar-refractivity contribution is -0.114. The summed E-state index contributed by atoms with van der Waals surface area (Å²) >= 11 is 1.36. The Morgan fingerprint density at radius 3 is 2.62 bits per heavy atom. The number of thiazole rings is 1. The minimum atomic E-state index is -3.60. The van der Waals surface area contributed by atoms with Gasteiger partial charge in [0.15, 0.2) is 5.13 Å². The molecular formula is C18H19N3O3S2. The predicted molar refractivity (Wildman–Crippen MR) is 106 cm³/mol. The highest BCUT2D eigenvalue weighted by Crippen LogP contribution is 2.27. The Morgan fingerprint density at radius 1 is 1.19 bits per heavy atom. The number of aromatic nitrogens is 1. The van der Waals surface area contributed by atoms with E-state index in [0.29, 0.717) is 10.8 Å². The minimum Gasteiger partial charge on any atom is -0.300 e. The monoisotopic (exact) mass is 389 g/mol. The summed E-state index contributed by atoms with van der Waals surface area (Å²) in [5, 5.41) is 3.16. The number of nitrogens with one attached hydrogen (secondary N) is 1. The van der Waals surface area contributed by atoms with Gasteiger partial charge in [-0.15, -0.1) is 0 Å². The third-order valence-electron chi connectivity index (χ3n) is 3.86. The standard InChI is InChI=1S/C18H19N3O3S2/c1-12-8-9-14-16(10-12)25-18(19-14)20-17(22)11-21(26(3,23)24)15-7-5-4-6-13(15)2/h4-10H,11H2,1-3H3,(H,19,20,22). The molecule has 0 bridgehead atoms. The van der Waals surface area contributed by atoms with Crippen LogP contribution in [-0.4, -0.2) is 32.1 Å². The molecule has 1 heterocycles. The Morgan fingerprint density at radius 2 is 1.92 bits per heavy atom. The lowest BCUT2D eigenvalue weighted by Gasteiger charge is -2.23. The van der Waals surface area contributed by atoms with Crippen LogP contribution in [0, 0.1) is 13.8 Å². The molecule has 2 aromatic carbocycles. The van der Waals surface area contributed by atoms with Gasteiger partial charge in [-0.05, 0) is 43.2 Å². The maximum absolute atomic E-state index is 12.4. The van der Waals surface area contributed by atoms with Crippen molar-refractivity contribution in [3.8, 4) is 0 Å². The first-order chi connectivity index (χ1) is 12.2. The number of aryl methyl sites for hydroxylation is 2. The number of para-hydroxylation sites is 1. The zero-order valence-corrected chi connectivity index (χ0v) is 16.3. The molecule has 0 saturated heterocycles. The van der Waals surface area contributed by atoms with Crippen molar-refractivity contribution in [3.63, 3.8) is 0 Å². The van der Waals surface area contributed by atoms with E-state index < -0.39 is 15.9 Å². The van der Waals surface area contributed by atoms with Gasteiger partial charge in [0, 0.05) is 0 Å². The molecule has 3 aromatic rings. The molecule has 3 rings (SSSR count). The third kappa shape index (κ3) is 4.03. The van der Waals surface area contributed by atoms with E-state index in [9.17, 15) is 13.2 Å². The molecule has 1 N–H and O–H groups in total. The van der Waals surface area contributed by atoms with Crippen LogP contribution < -0.4 is 9.62 Å². The van der Waals surface area contributed by atoms with Gasteiger partial charge >= 0.3 is 0 Å². The largest absolute Gasteiger partial charge is 0.300 e. The van der Waals surface area contributed by atoms with E-state index in [4.69, 9.17) is 0 Å². The Balaban J connectivity index is 1.82. The number of rotatable bonds is 5. The Hall–Kier alpha value is -2.45. The number of hydrogen-bond donors (Lipinski definition) is 1. The summed E-state index contributed by atoms with van der Waals surface area (Å²) in [6, 6.07) is 12.9. The van der Waals surface area contributed by atoms with E-state index in [1.807, 2.05) is 31.2 Å². The second-order valence-electron chi connectivity index (χ2n) is 6.09. The number of carbonyl (C=O) groups excluding carboxylic acids is 1. The van der Waals surface area contributed by atoms with Crippen molar-refractivity contribution in [2.24, 2.45) is 0 Å². The van der Waals surface area contributed by atoms with Crippen molar-refractivity contribution >= 4 is 48.3 Å². The van der Waals surface area contributed by atoms with Crippen LogP contribution in [0.3, 0.4) is 0 Å². The summed E-state index contributed by atoms with van der Waals surface area (Å²) in [4.78, 5) is 16.8. The number of anilines is 2. The van der Waals surface area contributed by atoms with Gasteiger partial charge < -0.3 is 5.32 Å². The van der Waals surface area contributed by atoms with Gasteiger partial charge in [-0.3, -0.25) is 9.10 Å². The van der Waals surface area contributed by atoms with Gasteiger partial charge in [0.1, 0.15) is 6.54 Å². The minimum absolute atomic E-state index is 0.307. The van der Waals surface area contributed by atoms with E-state index in [1.165, 1.54) is 11.3 Å². The molecule has 0 unspecified atom stereocenters. The van der Waals surface area contributed by atoms with Crippen LogP contribution in [0.4, 0.5) is 10.8 Å². The Kier molecular flexibility index (Phi) is 4.97. The van der Waals surface area contributed by atoms with Crippen molar-refractivity contribution in [2.75, 3.05) is 22.4 Å². The molecule has 136 valence electrons. The summed E-state index contributed by atoms with van der Waals surface area (Å²) in [7, 11) is -3.60. The second-order valence-corrected chi connectivity index (χ2v) is 9.03. The number of fused-ring (bicyclic) bond motifs is 1. The van der Waals surface area contributed by atoms with Crippen LogP contribution in [0.2, 0.25) is 0 Å². The molecule has 8 heteroatoms. The van der Waals surface area contributed by atoms with Crippen molar-refractivity contribution in [1.29, 1.82) is 0 Å². The van der Waals surface area contributed by atoms with Gasteiger partial charge in [-0.1, -0.05) is 35.6 Å². The molecule has 0 aliphatic heterocycles. The number of benzene rings is 2. The lowest BCUT2D eigenvalue weighted by atomic mass is 10.2. The summed E-state index contributed by atoms with van der Waals surface area (Å²) in [6.45, 7) is 3.49. The average molecular weight is 390 g/mol. The SMILES string of the molecule is Cc1ccc2nc(NC(=O)CN(c3ccccc3C)S(C)(=O)=O)sc2c1. The van der Waals surface area contributed by atoms with E-state index in [0.717, 1.165) is 31.9 Å². The van der Waals surface area contributed by atoms with Crippen LogP contribution in [0.15, 0.2) is 42.5 Å². The number of nitrogens with zero attached hydrogens (tertiary/aromatic N) is 2. The van der Waals surface area contributed by atoms with E-state index in [1.54, 1.807) is 25.1 Å². The zero-order chi connectivity index (χ0) is 18.9. The molecular weight excluding hydrogens is 370 g/mol. The molecule has 6 nitrogen and oxygen atoms in total. The van der Waals surface area contributed by atoms with Crippen molar-refractivity contribution in [2.45, 2.75) is 13.8 Å². The Bertz CT molecular complexity index is 1070. The average Bonchev–Trinajstić information content (AvgIpc) is 2.93. The topological polar surface area (TPSA) is 79.4 Å². The van der Waals surface area contributed by atoms with Crippen molar-refractivity contribution in [3.05, 3.63) is 53.6 Å². The molecule has 0 fully saturated rings. The fourth-order valence-electron chi connectivity index (χ4n) is 2.60. The second kappa shape index (κ2) is 7.05. The Labute approximate surface area is 156 Å². The van der Waals surface area contributed by atoms with Crippen LogP contribution in [0.5, 0.6) is 0 Å². The first kappa shape index (κ1) is 18.3. The summed E-state index contributed by atoms with van der Waals surface area (Å²) in [5.41, 5.74) is 3.18. The van der Waals surface area contributed by atoms with Gasteiger partial charge in [0.25, 0.3) is 0 Å². The van der Waals surface area contributed by atoms with Crippen LogP contribution in [-0.2, 0) is 14.8 Å². The lowest BCUT2D eigenvalue weighted by Crippen LogP contribution is -2.37. The molecule has 1 aromatic heterocycles. The summed E-state index contributed by atoms with van der Waals surface area (Å²) in [6.07, 6.45) is 1.09. The normalized spacial score (nSPS) is 11.5. The quantitative estimate of drug-likeness (QED) is 0.726. The molecule has 0 aliphatic carbocycles. The molecule has 0 atom stereocenters. The fraction of sp³-hybridized carbons (Fsp3) is 0.222. The predicted octanol–water partition coefficient (Wildman–Crippen LogP) is 3.32. The molecule has 0 aliphatic rings. The van der Waals surface area contributed by atoms with Crippen molar-refractivity contribution in [1.82, 2.24) is 4.98 Å². The first-order valence-corrected chi connectivity index (χ1v) is 10.6. The first-order valence-electron chi connectivity index (χ1n) is 7.94. The zero-order valence-electron chi connectivity index (χ0n) is 14.7. The van der Waals surface area contributed by atoms with E-state index >= 15 is 0 Å². The highest BCUT2D eigenvalue weighted by molar-refractivity contribution is 7.92. The van der Waals surface area contributed by atoms with Crippen LogP contribution >= 0.6 is 11.3 Å². The van der Waals surface area contributed by atoms with Crippen LogP contribution in [0.1, 0.15) is 11.1 Å². The molecule has 26 heavy (non-hydrogen) atoms. The number of sulfonamides is 1. The molecule has 0 saturated carbocycles. The summed E-state index contributed by atoms with van der Waals surface area (Å²) in [5.74, 6) is -0.436. The third-order valence-corrected chi connectivity index (χ3v) is 5.92. The number of amides is 1.